The van der Waals surface area contributed by atoms with Crippen LogP contribution in [0.3, 0.4) is 0 Å². The van der Waals surface area contributed by atoms with Crippen LogP contribution < -0.4 is 5.73 Å². The van der Waals surface area contributed by atoms with Gasteiger partial charge in [-0.05, 0) is 44.0 Å². The Bertz CT molecular complexity index is 409. The first-order valence-corrected chi connectivity index (χ1v) is 7.90. The fourth-order valence-corrected chi connectivity index (χ4v) is 3.24. The maximum atomic E-state index is 6.35. The van der Waals surface area contributed by atoms with E-state index in [0.29, 0.717) is 18.5 Å². The van der Waals surface area contributed by atoms with Crippen molar-refractivity contribution in [1.82, 2.24) is 4.90 Å². The minimum Gasteiger partial charge on any atom is -0.329 e. The summed E-state index contributed by atoms with van der Waals surface area (Å²) in [4.78, 5) is 2.33. The van der Waals surface area contributed by atoms with Crippen LogP contribution in [0.4, 0.5) is 0 Å². The molecule has 1 rings (SSSR count). The van der Waals surface area contributed by atoms with Crippen molar-refractivity contribution in [3.8, 4) is 0 Å². The average molecular weight is 348 g/mol. The van der Waals surface area contributed by atoms with Crippen molar-refractivity contribution in [2.24, 2.45) is 11.7 Å². The molecule has 2 N–H and O–H groups in total. The van der Waals surface area contributed by atoms with Gasteiger partial charge in [-0.15, -0.1) is 0 Å². The number of nitrogens with two attached hydrogens (primary N) is 1. The van der Waals surface area contributed by atoms with E-state index in [9.17, 15) is 0 Å². The van der Waals surface area contributed by atoms with E-state index in [1.807, 2.05) is 12.1 Å². The van der Waals surface area contributed by atoms with Crippen LogP contribution in [0.2, 0.25) is 5.02 Å². The van der Waals surface area contributed by atoms with Crippen LogP contribution in [-0.2, 0) is 0 Å². The predicted octanol–water partition coefficient (Wildman–Crippen LogP) is 4.47. The van der Waals surface area contributed by atoms with E-state index < -0.39 is 0 Å². The highest BCUT2D eigenvalue weighted by atomic mass is 79.9. The van der Waals surface area contributed by atoms with E-state index in [0.717, 1.165) is 21.5 Å². The lowest BCUT2D eigenvalue weighted by molar-refractivity contribution is 0.169. The van der Waals surface area contributed by atoms with Gasteiger partial charge in [0.05, 0.1) is 0 Å². The number of likely N-dealkylation sites (N-methyl/N-ethyl adjacent to an activating group) is 1. The molecule has 0 amide bonds. The first-order chi connectivity index (χ1) is 8.86. The number of rotatable bonds is 6. The zero-order valence-electron chi connectivity index (χ0n) is 12.2. The summed E-state index contributed by atoms with van der Waals surface area (Å²) in [5.74, 6) is 0.677. The molecule has 1 aromatic rings. The van der Waals surface area contributed by atoms with Crippen molar-refractivity contribution in [1.29, 1.82) is 0 Å². The van der Waals surface area contributed by atoms with Gasteiger partial charge in [-0.1, -0.05) is 47.4 Å². The summed E-state index contributed by atoms with van der Waals surface area (Å²) in [5.41, 5.74) is 7.07. The van der Waals surface area contributed by atoms with Crippen LogP contribution in [0.15, 0.2) is 22.7 Å². The van der Waals surface area contributed by atoms with E-state index in [1.54, 1.807) is 0 Å². The Morgan fingerprint density at radius 3 is 2.42 bits per heavy atom. The molecule has 0 saturated carbocycles. The first-order valence-electron chi connectivity index (χ1n) is 6.73. The molecule has 0 aliphatic rings. The minimum atomic E-state index is 0.161. The van der Waals surface area contributed by atoms with Gasteiger partial charge >= 0.3 is 0 Å². The molecule has 0 bridgehead atoms. The van der Waals surface area contributed by atoms with Gasteiger partial charge < -0.3 is 5.73 Å². The Morgan fingerprint density at radius 2 is 1.95 bits per heavy atom. The number of benzene rings is 1. The molecule has 2 atom stereocenters. The molecule has 0 radical (unpaired) electrons. The van der Waals surface area contributed by atoms with E-state index in [4.69, 9.17) is 17.3 Å². The molecular formula is C15H24BrClN2. The molecule has 0 aliphatic heterocycles. The standard InChI is InChI=1S/C15H24BrClN2/c1-10(2)7-11(3)19(4)15(9-18)13-6-5-12(16)8-14(13)17/h5-6,8,10-11,15H,7,9,18H2,1-4H3. The summed E-state index contributed by atoms with van der Waals surface area (Å²) in [6.45, 7) is 7.30. The molecule has 0 spiro atoms. The SMILES string of the molecule is CC(C)CC(C)N(C)C(CN)c1ccc(Br)cc1Cl. The normalized spacial score (nSPS) is 15.0. The Balaban J connectivity index is 2.93. The Morgan fingerprint density at radius 1 is 1.32 bits per heavy atom. The van der Waals surface area contributed by atoms with Gasteiger partial charge in [-0.25, -0.2) is 0 Å². The fourth-order valence-electron chi connectivity index (χ4n) is 2.44. The van der Waals surface area contributed by atoms with Crippen molar-refractivity contribution in [2.75, 3.05) is 13.6 Å². The highest BCUT2D eigenvalue weighted by molar-refractivity contribution is 9.10. The van der Waals surface area contributed by atoms with Gasteiger partial charge in [0.2, 0.25) is 0 Å². The number of hydrogen-bond donors (Lipinski definition) is 1. The lowest BCUT2D eigenvalue weighted by Crippen LogP contribution is -2.37. The molecule has 0 saturated heterocycles. The predicted molar refractivity (Wildman–Crippen MR) is 87.6 cm³/mol. The fraction of sp³-hybridized carbons (Fsp3) is 0.600. The second-order valence-electron chi connectivity index (χ2n) is 5.56. The van der Waals surface area contributed by atoms with E-state index in [1.165, 1.54) is 0 Å². The molecule has 108 valence electrons. The minimum absolute atomic E-state index is 0.161. The molecule has 2 nitrogen and oxygen atoms in total. The van der Waals surface area contributed by atoms with Gasteiger partial charge in [0.1, 0.15) is 0 Å². The summed E-state index contributed by atoms with van der Waals surface area (Å²) in [7, 11) is 2.13. The topological polar surface area (TPSA) is 29.3 Å². The lowest BCUT2D eigenvalue weighted by Gasteiger charge is -2.34. The second-order valence-corrected chi connectivity index (χ2v) is 6.88. The van der Waals surface area contributed by atoms with Gasteiger partial charge in [-0.2, -0.15) is 0 Å². The smallest absolute Gasteiger partial charge is 0.0484 e. The molecule has 0 aliphatic carbocycles. The van der Waals surface area contributed by atoms with Crippen molar-refractivity contribution >= 4 is 27.5 Å². The van der Waals surface area contributed by atoms with E-state index >= 15 is 0 Å². The third-order valence-corrected chi connectivity index (χ3v) is 4.36. The molecular weight excluding hydrogens is 324 g/mol. The third-order valence-electron chi connectivity index (χ3n) is 3.54. The maximum absolute atomic E-state index is 6.35. The quantitative estimate of drug-likeness (QED) is 0.822. The molecule has 1 aromatic carbocycles. The van der Waals surface area contributed by atoms with Crippen molar-refractivity contribution in [3.63, 3.8) is 0 Å². The third kappa shape index (κ3) is 4.75. The van der Waals surface area contributed by atoms with Gasteiger partial charge in [0, 0.05) is 28.1 Å². The first kappa shape index (κ1) is 17.0. The van der Waals surface area contributed by atoms with Crippen LogP contribution in [0.1, 0.15) is 38.8 Å². The highest BCUT2D eigenvalue weighted by Gasteiger charge is 2.22. The molecule has 0 fully saturated rings. The van der Waals surface area contributed by atoms with Crippen molar-refractivity contribution < 1.29 is 0 Å². The monoisotopic (exact) mass is 346 g/mol. The van der Waals surface area contributed by atoms with Crippen LogP contribution in [0, 0.1) is 5.92 Å². The second kappa shape index (κ2) is 7.63. The summed E-state index contributed by atoms with van der Waals surface area (Å²) >= 11 is 9.78. The average Bonchev–Trinajstić information content (AvgIpc) is 2.31. The summed E-state index contributed by atoms with van der Waals surface area (Å²) < 4.78 is 0.995. The lowest BCUT2D eigenvalue weighted by atomic mass is 9.99. The Hall–Kier alpha value is -0.0900. The van der Waals surface area contributed by atoms with Gasteiger partial charge in [-0.3, -0.25) is 4.90 Å². The van der Waals surface area contributed by atoms with Crippen LogP contribution >= 0.6 is 27.5 Å². The number of hydrogen-bond acceptors (Lipinski definition) is 2. The summed E-state index contributed by atoms with van der Waals surface area (Å²) in [5, 5.41) is 0.772. The summed E-state index contributed by atoms with van der Waals surface area (Å²) in [6, 6.07) is 6.65. The number of halogens is 2. The zero-order chi connectivity index (χ0) is 14.6. The van der Waals surface area contributed by atoms with E-state index in [2.05, 4.69) is 54.7 Å². The van der Waals surface area contributed by atoms with Crippen LogP contribution in [0.5, 0.6) is 0 Å². The molecule has 19 heavy (non-hydrogen) atoms. The maximum Gasteiger partial charge on any atom is 0.0484 e. The molecule has 2 unspecified atom stereocenters. The molecule has 0 aromatic heterocycles. The summed E-state index contributed by atoms with van der Waals surface area (Å²) in [6.07, 6.45) is 1.15. The highest BCUT2D eigenvalue weighted by Crippen LogP contribution is 2.30. The molecule has 4 heteroatoms. The van der Waals surface area contributed by atoms with Gasteiger partial charge in [0.25, 0.3) is 0 Å². The molecule has 0 heterocycles. The van der Waals surface area contributed by atoms with E-state index in [-0.39, 0.29) is 6.04 Å². The number of nitrogens with zero attached hydrogens (tertiary/aromatic N) is 1. The zero-order valence-corrected chi connectivity index (χ0v) is 14.5. The largest absolute Gasteiger partial charge is 0.329 e. The van der Waals surface area contributed by atoms with Crippen molar-refractivity contribution in [3.05, 3.63) is 33.3 Å². The van der Waals surface area contributed by atoms with Gasteiger partial charge in [0.15, 0.2) is 0 Å². The Kier molecular flexibility index (Phi) is 6.81. The Labute approximate surface area is 130 Å². The van der Waals surface area contributed by atoms with Crippen LogP contribution in [-0.4, -0.2) is 24.5 Å². The van der Waals surface area contributed by atoms with Crippen molar-refractivity contribution in [2.45, 2.75) is 39.3 Å². The van der Waals surface area contributed by atoms with Crippen LogP contribution in [0.25, 0.3) is 0 Å².